The predicted octanol–water partition coefficient (Wildman–Crippen LogP) is 3.32. The zero-order valence-electron chi connectivity index (χ0n) is 15.7. The van der Waals surface area contributed by atoms with Crippen LogP contribution in [0.1, 0.15) is 61.3 Å². The van der Waals surface area contributed by atoms with E-state index in [1.807, 2.05) is 27.7 Å². The molecule has 0 saturated heterocycles. The predicted molar refractivity (Wildman–Crippen MR) is 91.8 cm³/mol. The molecule has 1 N–H and O–H groups in total. The molecule has 0 fully saturated rings. The molecule has 0 radical (unpaired) electrons. The summed E-state index contributed by atoms with van der Waals surface area (Å²) in [6, 6.07) is -0.429. The van der Waals surface area contributed by atoms with E-state index in [9.17, 15) is 13.2 Å². The van der Waals surface area contributed by atoms with Crippen LogP contribution in [0.2, 0.25) is 0 Å². The quantitative estimate of drug-likeness (QED) is 0.678. The number of rotatable bonds is 8. The lowest BCUT2D eigenvalue weighted by atomic mass is 9.94. The van der Waals surface area contributed by atoms with Gasteiger partial charge in [-0.1, -0.05) is 27.7 Å². The molecule has 0 unspecified atom stereocenters. The molecule has 0 aliphatic heterocycles. The Hall–Kier alpha value is -0.820. The second-order valence-corrected chi connectivity index (χ2v) is 9.45. The van der Waals surface area contributed by atoms with Crippen LogP contribution < -0.4 is 5.32 Å². The molecule has 2 atom stereocenters. The standard InChI is InChI=1S/C16H33NO5S/c1-11(2)9-13(17-15(18)21-16(5,6)7)14(10-12(3)4)22-23(8,19)20/h11-14H,9-10H2,1-8H3,(H,17,18)/t13-,14-/m0/s1. The molecular weight excluding hydrogens is 318 g/mol. The van der Waals surface area contributed by atoms with Gasteiger partial charge in [0.1, 0.15) is 5.60 Å². The molecule has 7 heteroatoms. The Morgan fingerprint density at radius 1 is 1.04 bits per heavy atom. The van der Waals surface area contributed by atoms with Crippen molar-refractivity contribution in [1.82, 2.24) is 5.32 Å². The Kier molecular flexibility index (Phi) is 8.56. The molecule has 1 amide bonds. The summed E-state index contributed by atoms with van der Waals surface area (Å²) in [5, 5.41) is 2.78. The van der Waals surface area contributed by atoms with Crippen molar-refractivity contribution in [2.75, 3.05) is 6.26 Å². The molecule has 0 rings (SSSR count). The number of alkyl carbamates (subject to hydrolysis) is 1. The van der Waals surface area contributed by atoms with E-state index < -0.39 is 34.0 Å². The maximum Gasteiger partial charge on any atom is 0.407 e. The van der Waals surface area contributed by atoms with E-state index in [1.54, 1.807) is 20.8 Å². The van der Waals surface area contributed by atoms with Gasteiger partial charge in [0.15, 0.2) is 0 Å². The van der Waals surface area contributed by atoms with Gasteiger partial charge in [-0.15, -0.1) is 0 Å². The monoisotopic (exact) mass is 351 g/mol. The first-order chi connectivity index (χ1) is 10.2. The lowest BCUT2D eigenvalue weighted by molar-refractivity contribution is 0.0417. The molecule has 6 nitrogen and oxygen atoms in total. The Labute approximate surface area is 141 Å². The first-order valence-electron chi connectivity index (χ1n) is 8.07. The highest BCUT2D eigenvalue weighted by Gasteiger charge is 2.30. The Bertz CT molecular complexity index is 465. The van der Waals surface area contributed by atoms with E-state index >= 15 is 0 Å². The highest BCUT2D eigenvalue weighted by Crippen LogP contribution is 2.20. The third kappa shape index (κ3) is 12.3. The Balaban J connectivity index is 5.22. The molecule has 0 heterocycles. The van der Waals surface area contributed by atoms with Gasteiger partial charge in [-0.05, 0) is 45.4 Å². The van der Waals surface area contributed by atoms with Crippen molar-refractivity contribution in [3.8, 4) is 0 Å². The Morgan fingerprint density at radius 2 is 1.52 bits per heavy atom. The normalized spacial score (nSPS) is 15.6. The molecule has 0 aliphatic carbocycles. The highest BCUT2D eigenvalue weighted by atomic mass is 32.2. The fourth-order valence-electron chi connectivity index (χ4n) is 2.23. The summed E-state index contributed by atoms with van der Waals surface area (Å²) in [5.74, 6) is 0.504. The lowest BCUT2D eigenvalue weighted by Crippen LogP contribution is -2.48. The van der Waals surface area contributed by atoms with E-state index in [-0.39, 0.29) is 11.8 Å². The zero-order chi connectivity index (χ0) is 18.4. The Morgan fingerprint density at radius 3 is 1.87 bits per heavy atom. The molecule has 23 heavy (non-hydrogen) atoms. The van der Waals surface area contributed by atoms with Crippen molar-refractivity contribution in [3.63, 3.8) is 0 Å². The van der Waals surface area contributed by atoms with Crippen molar-refractivity contribution >= 4 is 16.2 Å². The van der Waals surface area contributed by atoms with Gasteiger partial charge in [0.2, 0.25) is 0 Å². The van der Waals surface area contributed by atoms with Crippen LogP contribution in [0.15, 0.2) is 0 Å². The van der Waals surface area contributed by atoms with Gasteiger partial charge < -0.3 is 10.1 Å². The van der Waals surface area contributed by atoms with Crippen LogP contribution in [-0.2, 0) is 19.0 Å². The summed E-state index contributed by atoms with van der Waals surface area (Å²) in [6.45, 7) is 13.3. The molecule has 0 aliphatic rings. The van der Waals surface area contributed by atoms with Gasteiger partial charge in [-0.2, -0.15) is 8.42 Å². The summed E-state index contributed by atoms with van der Waals surface area (Å²) < 4.78 is 33.6. The van der Waals surface area contributed by atoms with Gasteiger partial charge in [0.05, 0.1) is 18.4 Å². The van der Waals surface area contributed by atoms with Gasteiger partial charge in [0.25, 0.3) is 10.1 Å². The fourth-order valence-corrected chi connectivity index (χ4v) is 2.89. The van der Waals surface area contributed by atoms with Crippen molar-refractivity contribution in [1.29, 1.82) is 0 Å². The van der Waals surface area contributed by atoms with Gasteiger partial charge in [-0.25, -0.2) is 4.79 Å². The number of hydrogen-bond donors (Lipinski definition) is 1. The average molecular weight is 352 g/mol. The van der Waals surface area contributed by atoms with E-state index in [1.165, 1.54) is 0 Å². The van der Waals surface area contributed by atoms with Crippen molar-refractivity contribution in [2.24, 2.45) is 11.8 Å². The summed E-state index contributed by atoms with van der Waals surface area (Å²) in [7, 11) is -3.61. The van der Waals surface area contributed by atoms with Crippen molar-refractivity contribution < 1.29 is 22.1 Å². The lowest BCUT2D eigenvalue weighted by Gasteiger charge is -2.30. The van der Waals surface area contributed by atoms with E-state index in [0.29, 0.717) is 12.8 Å². The van der Waals surface area contributed by atoms with Crippen LogP contribution in [-0.4, -0.2) is 38.5 Å². The first-order valence-corrected chi connectivity index (χ1v) is 9.89. The second-order valence-electron chi connectivity index (χ2n) is 7.85. The van der Waals surface area contributed by atoms with Crippen molar-refractivity contribution in [2.45, 2.75) is 79.1 Å². The van der Waals surface area contributed by atoms with Crippen LogP contribution in [0.5, 0.6) is 0 Å². The molecule has 0 aromatic carbocycles. The fraction of sp³-hybridized carbons (Fsp3) is 0.938. The SMILES string of the molecule is CC(C)C[C@H](NC(=O)OC(C)(C)C)[C@H](CC(C)C)OS(C)(=O)=O. The largest absolute Gasteiger partial charge is 0.444 e. The maximum atomic E-state index is 12.1. The molecule has 0 spiro atoms. The first kappa shape index (κ1) is 22.2. The number of nitrogens with one attached hydrogen (secondary N) is 1. The van der Waals surface area contributed by atoms with Crippen LogP contribution in [0.25, 0.3) is 0 Å². The topological polar surface area (TPSA) is 81.7 Å². The molecule has 0 saturated carbocycles. The zero-order valence-corrected chi connectivity index (χ0v) is 16.5. The number of carbonyl (C=O) groups is 1. The van der Waals surface area contributed by atoms with Crippen LogP contribution >= 0.6 is 0 Å². The minimum absolute atomic E-state index is 0.233. The molecule has 138 valence electrons. The molecule has 0 aromatic heterocycles. The van der Waals surface area contributed by atoms with Crippen molar-refractivity contribution in [3.05, 3.63) is 0 Å². The summed E-state index contributed by atoms with van der Waals surface area (Å²) in [5.41, 5.74) is -0.613. The summed E-state index contributed by atoms with van der Waals surface area (Å²) in [6.07, 6.45) is 0.987. The minimum atomic E-state index is -3.61. The second kappa shape index (κ2) is 8.87. The number of amides is 1. The molecule has 0 bridgehead atoms. The van der Waals surface area contributed by atoms with Gasteiger partial charge in [0, 0.05) is 0 Å². The maximum absolute atomic E-state index is 12.1. The number of hydrogen-bond acceptors (Lipinski definition) is 5. The third-order valence-corrected chi connectivity index (χ3v) is 3.48. The van der Waals surface area contributed by atoms with Gasteiger partial charge >= 0.3 is 6.09 Å². The minimum Gasteiger partial charge on any atom is -0.444 e. The smallest absolute Gasteiger partial charge is 0.407 e. The van der Waals surface area contributed by atoms with Crippen LogP contribution in [0, 0.1) is 11.8 Å². The van der Waals surface area contributed by atoms with E-state index in [0.717, 1.165) is 6.26 Å². The van der Waals surface area contributed by atoms with Crippen LogP contribution in [0.3, 0.4) is 0 Å². The summed E-state index contributed by atoms with van der Waals surface area (Å²) in [4.78, 5) is 12.1. The van der Waals surface area contributed by atoms with E-state index in [2.05, 4.69) is 5.32 Å². The van der Waals surface area contributed by atoms with E-state index in [4.69, 9.17) is 8.92 Å². The average Bonchev–Trinajstić information content (AvgIpc) is 2.20. The van der Waals surface area contributed by atoms with Crippen LogP contribution in [0.4, 0.5) is 4.79 Å². The number of carbonyl (C=O) groups excluding carboxylic acids is 1. The van der Waals surface area contributed by atoms with Gasteiger partial charge in [-0.3, -0.25) is 4.18 Å². The summed E-state index contributed by atoms with van der Waals surface area (Å²) >= 11 is 0. The third-order valence-electron chi connectivity index (χ3n) is 2.88. The molecule has 0 aromatic rings. The molecular formula is C16H33NO5S. The highest BCUT2D eigenvalue weighted by molar-refractivity contribution is 7.86. The number of ether oxygens (including phenoxy) is 1.